The number of benzene rings is 2. The van der Waals surface area contributed by atoms with E-state index in [1.165, 1.54) is 31.4 Å². The van der Waals surface area contributed by atoms with Crippen molar-refractivity contribution in [2.24, 2.45) is 0 Å². The third-order valence-corrected chi connectivity index (χ3v) is 4.24. The summed E-state index contributed by atoms with van der Waals surface area (Å²) in [6.07, 6.45) is 0. The van der Waals surface area contributed by atoms with Gasteiger partial charge in [-0.05, 0) is 36.4 Å². The zero-order valence-corrected chi connectivity index (χ0v) is 13.1. The molecule has 0 spiro atoms. The average Bonchev–Trinajstić information content (AvgIpc) is 2.51. The summed E-state index contributed by atoms with van der Waals surface area (Å²) in [6, 6.07) is 8.07. The molecule has 0 aliphatic heterocycles. The van der Waals surface area contributed by atoms with Gasteiger partial charge in [-0.3, -0.25) is 4.72 Å². The topological polar surface area (TPSA) is 64.6 Å². The first-order chi connectivity index (χ1) is 10.9. The summed E-state index contributed by atoms with van der Waals surface area (Å²) in [7, 11) is -2.49. The average molecular weight is 343 g/mol. The van der Waals surface area contributed by atoms with E-state index in [2.05, 4.69) is 0 Å². The summed E-state index contributed by atoms with van der Waals surface area (Å²) < 4.78 is 63.1. The van der Waals surface area contributed by atoms with Crippen molar-refractivity contribution in [2.75, 3.05) is 25.0 Å². The van der Waals surface area contributed by atoms with Crippen LogP contribution in [0.25, 0.3) is 0 Å². The van der Waals surface area contributed by atoms with E-state index >= 15 is 0 Å². The lowest BCUT2D eigenvalue weighted by Gasteiger charge is -2.10. The molecule has 0 aliphatic carbocycles. The quantitative estimate of drug-likeness (QED) is 0.785. The molecule has 0 saturated carbocycles. The molecular formula is C15H15F2NO4S. The molecule has 0 heterocycles. The van der Waals surface area contributed by atoms with Gasteiger partial charge in [-0.25, -0.2) is 17.2 Å². The Labute approximate surface area is 132 Å². The van der Waals surface area contributed by atoms with Crippen LogP contribution in [0.5, 0.6) is 5.75 Å². The van der Waals surface area contributed by atoms with Crippen LogP contribution in [0, 0.1) is 11.6 Å². The third kappa shape index (κ3) is 4.64. The number of rotatable bonds is 7. The van der Waals surface area contributed by atoms with Crippen LogP contribution in [0.3, 0.4) is 0 Å². The Balaban J connectivity index is 2.14. The van der Waals surface area contributed by atoms with Crippen LogP contribution in [-0.4, -0.2) is 28.7 Å². The number of nitrogens with one attached hydrogen (secondary N) is 1. The molecule has 0 radical (unpaired) electrons. The monoisotopic (exact) mass is 343 g/mol. The number of hydrogen-bond acceptors (Lipinski definition) is 4. The van der Waals surface area contributed by atoms with Crippen LogP contribution in [0.4, 0.5) is 14.5 Å². The summed E-state index contributed by atoms with van der Waals surface area (Å²) in [5, 5.41) is 0. The molecule has 0 saturated heterocycles. The van der Waals surface area contributed by atoms with E-state index in [1.54, 1.807) is 0 Å². The molecule has 0 aromatic heterocycles. The maximum atomic E-state index is 13.5. The Morgan fingerprint density at radius 3 is 2.39 bits per heavy atom. The van der Waals surface area contributed by atoms with Crippen molar-refractivity contribution < 1.29 is 26.7 Å². The number of sulfonamides is 1. The maximum absolute atomic E-state index is 13.5. The number of methoxy groups -OCH3 is 1. The SMILES string of the molecule is COCCOc1ccc(S(=O)(=O)Nc2cc(F)ccc2F)cc1. The summed E-state index contributed by atoms with van der Waals surface area (Å²) in [4.78, 5) is -0.0970. The molecule has 124 valence electrons. The summed E-state index contributed by atoms with van der Waals surface area (Å²) >= 11 is 0. The van der Waals surface area contributed by atoms with E-state index < -0.39 is 27.3 Å². The van der Waals surface area contributed by atoms with E-state index in [0.29, 0.717) is 19.0 Å². The predicted octanol–water partition coefficient (Wildman–Crippen LogP) is 2.79. The Hall–Kier alpha value is -2.19. The van der Waals surface area contributed by atoms with Crippen LogP contribution >= 0.6 is 0 Å². The number of anilines is 1. The highest BCUT2D eigenvalue weighted by Gasteiger charge is 2.17. The first-order valence-electron chi connectivity index (χ1n) is 6.62. The van der Waals surface area contributed by atoms with Gasteiger partial charge in [0.15, 0.2) is 0 Å². The molecule has 0 fully saturated rings. The lowest BCUT2D eigenvalue weighted by Crippen LogP contribution is -2.14. The van der Waals surface area contributed by atoms with E-state index in [4.69, 9.17) is 9.47 Å². The van der Waals surface area contributed by atoms with Crippen molar-refractivity contribution >= 4 is 15.7 Å². The summed E-state index contributed by atoms with van der Waals surface area (Å²) in [6.45, 7) is 0.732. The Morgan fingerprint density at radius 1 is 1.04 bits per heavy atom. The fraction of sp³-hybridized carbons (Fsp3) is 0.200. The van der Waals surface area contributed by atoms with Crippen molar-refractivity contribution in [3.63, 3.8) is 0 Å². The zero-order chi connectivity index (χ0) is 16.9. The molecule has 0 unspecified atom stereocenters. The van der Waals surface area contributed by atoms with Gasteiger partial charge in [-0.2, -0.15) is 0 Å². The maximum Gasteiger partial charge on any atom is 0.261 e. The van der Waals surface area contributed by atoms with Crippen LogP contribution in [0.2, 0.25) is 0 Å². The van der Waals surface area contributed by atoms with Crippen molar-refractivity contribution in [2.45, 2.75) is 4.90 Å². The van der Waals surface area contributed by atoms with E-state index in [9.17, 15) is 17.2 Å². The number of ether oxygens (including phenoxy) is 2. The van der Waals surface area contributed by atoms with Crippen molar-refractivity contribution in [3.8, 4) is 5.75 Å². The number of halogens is 2. The van der Waals surface area contributed by atoms with Gasteiger partial charge < -0.3 is 9.47 Å². The molecule has 2 rings (SSSR count). The second-order valence-electron chi connectivity index (χ2n) is 4.54. The Kier molecular flexibility index (Phi) is 5.51. The second kappa shape index (κ2) is 7.38. The van der Waals surface area contributed by atoms with Gasteiger partial charge in [0.05, 0.1) is 17.2 Å². The molecule has 23 heavy (non-hydrogen) atoms. The molecule has 8 heteroatoms. The first-order valence-corrected chi connectivity index (χ1v) is 8.10. The van der Waals surface area contributed by atoms with Gasteiger partial charge in [0.2, 0.25) is 0 Å². The summed E-state index contributed by atoms with van der Waals surface area (Å²) in [5.74, 6) is -1.14. The standard InChI is InChI=1S/C15H15F2NO4S/c1-21-8-9-22-12-3-5-13(6-4-12)23(19,20)18-15-10-11(16)2-7-14(15)17/h2-7,10,18H,8-9H2,1H3. The van der Waals surface area contributed by atoms with Crippen molar-refractivity contribution in [3.05, 3.63) is 54.1 Å². The van der Waals surface area contributed by atoms with Gasteiger partial charge in [0.25, 0.3) is 10.0 Å². The third-order valence-electron chi connectivity index (χ3n) is 2.86. The largest absolute Gasteiger partial charge is 0.491 e. The van der Waals surface area contributed by atoms with E-state index in [1.807, 2.05) is 4.72 Å². The van der Waals surface area contributed by atoms with E-state index in [0.717, 1.165) is 18.2 Å². The molecule has 0 aliphatic rings. The predicted molar refractivity (Wildman–Crippen MR) is 81.0 cm³/mol. The zero-order valence-electron chi connectivity index (χ0n) is 12.3. The molecule has 2 aromatic carbocycles. The minimum Gasteiger partial charge on any atom is -0.491 e. The molecular weight excluding hydrogens is 328 g/mol. The summed E-state index contributed by atoms with van der Waals surface area (Å²) in [5.41, 5.74) is -0.453. The van der Waals surface area contributed by atoms with Gasteiger partial charge in [-0.15, -0.1) is 0 Å². The van der Waals surface area contributed by atoms with Crippen LogP contribution in [0.15, 0.2) is 47.4 Å². The molecule has 5 nitrogen and oxygen atoms in total. The van der Waals surface area contributed by atoms with Gasteiger partial charge in [0, 0.05) is 13.2 Å². The first kappa shape index (κ1) is 17.2. The van der Waals surface area contributed by atoms with Crippen LogP contribution < -0.4 is 9.46 Å². The van der Waals surface area contributed by atoms with Crippen molar-refractivity contribution in [1.82, 2.24) is 0 Å². The highest BCUT2D eigenvalue weighted by atomic mass is 32.2. The Morgan fingerprint density at radius 2 is 1.74 bits per heavy atom. The lowest BCUT2D eigenvalue weighted by molar-refractivity contribution is 0.146. The fourth-order valence-corrected chi connectivity index (χ4v) is 2.80. The van der Waals surface area contributed by atoms with Crippen LogP contribution in [0.1, 0.15) is 0 Å². The molecule has 0 atom stereocenters. The minimum absolute atomic E-state index is 0.0970. The highest BCUT2D eigenvalue weighted by molar-refractivity contribution is 7.92. The van der Waals surface area contributed by atoms with E-state index in [-0.39, 0.29) is 4.90 Å². The van der Waals surface area contributed by atoms with Gasteiger partial charge >= 0.3 is 0 Å². The highest BCUT2D eigenvalue weighted by Crippen LogP contribution is 2.22. The lowest BCUT2D eigenvalue weighted by atomic mass is 10.3. The van der Waals surface area contributed by atoms with Crippen LogP contribution in [-0.2, 0) is 14.8 Å². The molecule has 1 N–H and O–H groups in total. The second-order valence-corrected chi connectivity index (χ2v) is 6.22. The normalized spacial score (nSPS) is 11.3. The van der Waals surface area contributed by atoms with Crippen molar-refractivity contribution in [1.29, 1.82) is 0 Å². The van der Waals surface area contributed by atoms with Gasteiger partial charge in [-0.1, -0.05) is 0 Å². The molecule has 0 amide bonds. The molecule has 0 bridgehead atoms. The number of hydrogen-bond donors (Lipinski definition) is 1. The Bertz CT molecular complexity index is 764. The van der Waals surface area contributed by atoms with Gasteiger partial charge in [0.1, 0.15) is 24.0 Å². The molecule has 2 aromatic rings. The minimum atomic E-state index is -4.03. The smallest absolute Gasteiger partial charge is 0.261 e. The fourth-order valence-electron chi connectivity index (χ4n) is 1.74.